The predicted octanol–water partition coefficient (Wildman–Crippen LogP) is 3.51. The Morgan fingerprint density at radius 3 is 3.00 bits per heavy atom. The number of aryl methyl sites for hydroxylation is 1. The third kappa shape index (κ3) is 2.96. The van der Waals surface area contributed by atoms with Crippen LogP contribution in [0.4, 0.5) is 5.69 Å². The molecule has 2 atom stereocenters. The molecule has 2 saturated heterocycles. The zero-order valence-corrected chi connectivity index (χ0v) is 12.8. The van der Waals surface area contributed by atoms with E-state index in [1.165, 1.54) is 11.3 Å². The van der Waals surface area contributed by atoms with Crippen LogP contribution in [0.2, 0.25) is 0 Å². The van der Waals surface area contributed by atoms with Gasteiger partial charge in [0, 0.05) is 35.8 Å². The molecule has 19 heavy (non-hydrogen) atoms. The van der Waals surface area contributed by atoms with Crippen molar-refractivity contribution in [1.29, 1.82) is 0 Å². The Kier molecular flexibility index (Phi) is 3.83. The molecule has 2 aliphatic heterocycles. The Labute approximate surface area is 122 Å². The van der Waals surface area contributed by atoms with E-state index in [2.05, 4.69) is 46.4 Å². The lowest BCUT2D eigenvalue weighted by molar-refractivity contribution is -0.0828. The van der Waals surface area contributed by atoms with Crippen LogP contribution < -0.4 is 5.32 Å². The van der Waals surface area contributed by atoms with Gasteiger partial charge in [0.15, 0.2) is 0 Å². The molecule has 104 valence electrons. The number of hydrogen-bond acceptors (Lipinski definition) is 3. The zero-order chi connectivity index (χ0) is 13.3. The Morgan fingerprint density at radius 1 is 1.37 bits per heavy atom. The summed E-state index contributed by atoms with van der Waals surface area (Å²) in [7, 11) is 0. The van der Waals surface area contributed by atoms with Crippen molar-refractivity contribution in [3.8, 4) is 0 Å². The third-order valence-electron chi connectivity index (χ3n) is 4.04. The fraction of sp³-hybridized carbons (Fsp3) is 0.600. The van der Waals surface area contributed by atoms with Crippen molar-refractivity contribution in [2.24, 2.45) is 0 Å². The molecule has 3 nitrogen and oxygen atoms in total. The molecule has 2 fully saturated rings. The van der Waals surface area contributed by atoms with Gasteiger partial charge in [-0.2, -0.15) is 0 Å². The van der Waals surface area contributed by atoms with E-state index in [-0.39, 0.29) is 5.60 Å². The van der Waals surface area contributed by atoms with Crippen LogP contribution in [0.3, 0.4) is 0 Å². The fourth-order valence-corrected chi connectivity index (χ4v) is 3.58. The van der Waals surface area contributed by atoms with Gasteiger partial charge < -0.3 is 14.8 Å². The first-order valence-corrected chi connectivity index (χ1v) is 7.71. The van der Waals surface area contributed by atoms with Crippen molar-refractivity contribution >= 4 is 21.6 Å². The maximum atomic E-state index is 5.97. The highest BCUT2D eigenvalue weighted by Crippen LogP contribution is 2.35. The maximum absolute atomic E-state index is 5.97. The van der Waals surface area contributed by atoms with Crippen molar-refractivity contribution in [2.75, 3.05) is 25.1 Å². The van der Waals surface area contributed by atoms with Crippen LogP contribution in [-0.4, -0.2) is 31.5 Å². The van der Waals surface area contributed by atoms with Gasteiger partial charge in [-0.3, -0.25) is 0 Å². The standard InChI is InChI=1S/C15H20BrNO2/c1-11-2-3-14(13(16)8-11)17-12-4-6-19-15(9-12)5-7-18-10-15/h2-3,8,12,17H,4-7,9-10H2,1H3. The van der Waals surface area contributed by atoms with Crippen LogP contribution in [0.1, 0.15) is 24.8 Å². The molecule has 1 spiro atoms. The van der Waals surface area contributed by atoms with E-state index in [0.29, 0.717) is 6.04 Å². The molecular formula is C15H20BrNO2. The summed E-state index contributed by atoms with van der Waals surface area (Å²) in [6.45, 7) is 4.51. The zero-order valence-electron chi connectivity index (χ0n) is 11.2. The van der Waals surface area contributed by atoms with E-state index in [1.807, 2.05) is 0 Å². The first kappa shape index (κ1) is 13.4. The summed E-state index contributed by atoms with van der Waals surface area (Å²) < 4.78 is 12.6. The third-order valence-corrected chi connectivity index (χ3v) is 4.70. The van der Waals surface area contributed by atoms with E-state index >= 15 is 0 Å². The normalized spacial score (nSPS) is 30.7. The molecule has 0 saturated carbocycles. The van der Waals surface area contributed by atoms with E-state index in [4.69, 9.17) is 9.47 Å². The van der Waals surface area contributed by atoms with E-state index < -0.39 is 0 Å². The molecule has 0 amide bonds. The summed E-state index contributed by atoms with van der Waals surface area (Å²) in [5, 5.41) is 3.65. The average molecular weight is 326 g/mol. The smallest absolute Gasteiger partial charge is 0.0956 e. The highest BCUT2D eigenvalue weighted by Gasteiger charge is 2.41. The summed E-state index contributed by atoms with van der Waals surface area (Å²) in [5.74, 6) is 0. The van der Waals surface area contributed by atoms with Gasteiger partial charge in [0.25, 0.3) is 0 Å². The Morgan fingerprint density at radius 2 is 2.26 bits per heavy atom. The lowest BCUT2D eigenvalue weighted by atomic mass is 9.89. The molecule has 1 aromatic rings. The lowest BCUT2D eigenvalue weighted by Crippen LogP contribution is -2.44. The van der Waals surface area contributed by atoms with Gasteiger partial charge in [0.2, 0.25) is 0 Å². The lowest BCUT2D eigenvalue weighted by Gasteiger charge is -2.37. The van der Waals surface area contributed by atoms with Crippen LogP contribution in [0.15, 0.2) is 22.7 Å². The van der Waals surface area contributed by atoms with Gasteiger partial charge in [-0.25, -0.2) is 0 Å². The van der Waals surface area contributed by atoms with Crippen molar-refractivity contribution in [1.82, 2.24) is 0 Å². The molecule has 0 radical (unpaired) electrons. The number of anilines is 1. The minimum atomic E-state index is -0.0346. The topological polar surface area (TPSA) is 30.5 Å². The van der Waals surface area contributed by atoms with Crippen LogP contribution in [0.25, 0.3) is 0 Å². The van der Waals surface area contributed by atoms with E-state index in [9.17, 15) is 0 Å². The van der Waals surface area contributed by atoms with E-state index in [1.54, 1.807) is 0 Å². The number of halogens is 1. The second-order valence-corrected chi connectivity index (χ2v) is 6.51. The summed E-state index contributed by atoms with van der Waals surface area (Å²) in [4.78, 5) is 0. The van der Waals surface area contributed by atoms with Gasteiger partial charge >= 0.3 is 0 Å². The SMILES string of the molecule is Cc1ccc(NC2CCOC3(CCOC3)C2)c(Br)c1. The first-order valence-electron chi connectivity index (χ1n) is 6.91. The van der Waals surface area contributed by atoms with Crippen LogP contribution in [-0.2, 0) is 9.47 Å². The highest BCUT2D eigenvalue weighted by atomic mass is 79.9. The maximum Gasteiger partial charge on any atom is 0.0956 e. The fourth-order valence-electron chi connectivity index (χ4n) is 2.97. The largest absolute Gasteiger partial charge is 0.381 e. The minimum absolute atomic E-state index is 0.0346. The molecule has 0 aliphatic carbocycles. The monoisotopic (exact) mass is 325 g/mol. The molecule has 1 aromatic carbocycles. The molecule has 4 heteroatoms. The molecule has 3 rings (SSSR count). The molecular weight excluding hydrogens is 306 g/mol. The molecule has 1 N–H and O–H groups in total. The van der Waals surface area contributed by atoms with Gasteiger partial charge in [0.1, 0.15) is 0 Å². The first-order chi connectivity index (χ1) is 9.17. The van der Waals surface area contributed by atoms with Crippen molar-refractivity contribution in [3.05, 3.63) is 28.2 Å². The number of nitrogens with one attached hydrogen (secondary N) is 1. The van der Waals surface area contributed by atoms with Gasteiger partial charge in [0.05, 0.1) is 12.2 Å². The number of rotatable bonds is 2. The minimum Gasteiger partial charge on any atom is -0.381 e. The summed E-state index contributed by atoms with van der Waals surface area (Å²) >= 11 is 3.63. The van der Waals surface area contributed by atoms with E-state index in [0.717, 1.165) is 43.6 Å². The van der Waals surface area contributed by atoms with Crippen molar-refractivity contribution < 1.29 is 9.47 Å². The molecule has 2 unspecified atom stereocenters. The number of ether oxygens (including phenoxy) is 2. The highest BCUT2D eigenvalue weighted by molar-refractivity contribution is 9.10. The summed E-state index contributed by atoms with van der Waals surface area (Å²) in [6.07, 6.45) is 3.12. The average Bonchev–Trinajstić information content (AvgIpc) is 2.81. The Bertz CT molecular complexity index is 457. The molecule has 0 aromatic heterocycles. The Hall–Kier alpha value is -0.580. The van der Waals surface area contributed by atoms with Crippen molar-refractivity contribution in [2.45, 2.75) is 37.8 Å². The van der Waals surface area contributed by atoms with Crippen LogP contribution in [0, 0.1) is 6.92 Å². The summed E-state index contributed by atoms with van der Waals surface area (Å²) in [6, 6.07) is 6.90. The van der Waals surface area contributed by atoms with Gasteiger partial charge in [-0.05, 0) is 53.4 Å². The quantitative estimate of drug-likeness (QED) is 0.902. The molecule has 0 bridgehead atoms. The van der Waals surface area contributed by atoms with Crippen molar-refractivity contribution in [3.63, 3.8) is 0 Å². The van der Waals surface area contributed by atoms with Gasteiger partial charge in [-0.15, -0.1) is 0 Å². The predicted molar refractivity (Wildman–Crippen MR) is 79.6 cm³/mol. The number of benzene rings is 1. The number of hydrogen-bond donors (Lipinski definition) is 1. The summed E-state index contributed by atoms with van der Waals surface area (Å²) in [5.41, 5.74) is 2.41. The molecule has 2 aliphatic rings. The second-order valence-electron chi connectivity index (χ2n) is 5.65. The van der Waals surface area contributed by atoms with Gasteiger partial charge in [-0.1, -0.05) is 6.07 Å². The Balaban J connectivity index is 1.69. The second kappa shape index (κ2) is 5.43. The van der Waals surface area contributed by atoms with Crippen LogP contribution in [0.5, 0.6) is 0 Å². The van der Waals surface area contributed by atoms with Crippen LogP contribution >= 0.6 is 15.9 Å². The molecule has 2 heterocycles.